The average molecular weight is 423 g/mol. The van der Waals surface area contributed by atoms with Gasteiger partial charge in [0.05, 0.1) is 16.8 Å². The molecule has 5 nitrogen and oxygen atoms in total. The van der Waals surface area contributed by atoms with E-state index >= 15 is 0 Å². The Hall–Kier alpha value is -4.12. The van der Waals surface area contributed by atoms with E-state index in [2.05, 4.69) is 24.1 Å². The minimum absolute atomic E-state index is 0.0965. The van der Waals surface area contributed by atoms with Gasteiger partial charge in [0.2, 0.25) is 0 Å². The van der Waals surface area contributed by atoms with Gasteiger partial charge in [0, 0.05) is 23.1 Å². The smallest absolute Gasteiger partial charge is 0.193 e. The second-order valence-corrected chi connectivity index (χ2v) is 7.45. The highest BCUT2D eigenvalue weighted by atomic mass is 16.1. The van der Waals surface area contributed by atoms with Crippen LogP contribution in [0.15, 0.2) is 102 Å². The molecule has 5 heteroatoms. The lowest BCUT2D eigenvalue weighted by Crippen LogP contribution is -2.15. The van der Waals surface area contributed by atoms with E-state index in [0.717, 1.165) is 34.9 Å². The highest BCUT2D eigenvalue weighted by Gasteiger charge is 2.15. The predicted octanol–water partition coefficient (Wildman–Crippen LogP) is 6.33. The molecule has 2 aromatic heterocycles. The van der Waals surface area contributed by atoms with E-state index in [0.29, 0.717) is 16.9 Å². The van der Waals surface area contributed by atoms with Crippen molar-refractivity contribution in [1.82, 2.24) is 9.55 Å². The highest BCUT2D eigenvalue weighted by Crippen LogP contribution is 2.27. The van der Waals surface area contributed by atoms with Gasteiger partial charge in [-0.1, -0.05) is 56.0 Å². The van der Waals surface area contributed by atoms with Crippen molar-refractivity contribution in [3.8, 4) is 5.69 Å². The number of hydrogen-bond donors (Lipinski definition) is 2. The third-order valence-electron chi connectivity index (χ3n) is 5.16. The molecule has 2 heterocycles. The second kappa shape index (κ2) is 9.35. The molecule has 0 radical (unpaired) electrons. The van der Waals surface area contributed by atoms with Crippen LogP contribution in [0.25, 0.3) is 16.7 Å². The number of aryl methyl sites for hydroxylation is 1. The Morgan fingerprint density at radius 3 is 2.41 bits per heavy atom. The number of hydrogen-bond acceptors (Lipinski definition) is 4. The number of pyridine rings is 2. The topological polar surface area (TPSA) is 59.0 Å². The fourth-order valence-electron chi connectivity index (χ4n) is 3.61. The zero-order chi connectivity index (χ0) is 22.5. The molecular weight excluding hydrogens is 396 g/mol. The van der Waals surface area contributed by atoms with Crippen LogP contribution in [0.5, 0.6) is 0 Å². The monoisotopic (exact) mass is 422 g/mol. The Morgan fingerprint density at radius 1 is 1.06 bits per heavy atom. The maximum Gasteiger partial charge on any atom is 0.193 e. The number of para-hydroxylation sites is 2. The van der Waals surface area contributed by atoms with Crippen molar-refractivity contribution in [1.29, 1.82) is 0 Å². The Balaban J connectivity index is 1.94. The van der Waals surface area contributed by atoms with Crippen molar-refractivity contribution >= 4 is 28.2 Å². The largest absolute Gasteiger partial charge is 0.354 e. The van der Waals surface area contributed by atoms with E-state index < -0.39 is 0 Å². The zero-order valence-electron chi connectivity index (χ0n) is 18.3. The molecule has 160 valence electrons. The fraction of sp³-hybridized carbons (Fsp3) is 0.111. The van der Waals surface area contributed by atoms with Gasteiger partial charge in [-0.2, -0.15) is 0 Å². The number of nitrogens with zero attached hydrogens (tertiary/aromatic N) is 2. The second-order valence-electron chi connectivity index (χ2n) is 7.45. The van der Waals surface area contributed by atoms with Crippen LogP contribution in [-0.2, 0) is 0 Å². The first-order chi connectivity index (χ1) is 15.6. The molecular formula is C27H26N4O. The third kappa shape index (κ3) is 4.32. The number of anilines is 3. The first-order valence-corrected chi connectivity index (χ1v) is 10.6. The van der Waals surface area contributed by atoms with Gasteiger partial charge in [0.25, 0.3) is 0 Å². The van der Waals surface area contributed by atoms with Crippen LogP contribution < -0.4 is 16.1 Å². The third-order valence-corrected chi connectivity index (χ3v) is 5.16. The molecule has 0 amide bonds. The standard InChI is InChI=1S/C27H26N4O/c1-4-12-20(5-2)29-24-17-23-25(32)18-26(30-21-13-8-6-9-14-21)31(27(23)28-19(24)3)22-15-10-7-11-16-22/h5-18,29-30H,2,4H2,1,3H3/b20-12+. The van der Waals surface area contributed by atoms with Crippen LogP contribution in [0.4, 0.5) is 17.2 Å². The van der Waals surface area contributed by atoms with Gasteiger partial charge in [-0.15, -0.1) is 0 Å². The molecule has 0 saturated heterocycles. The molecule has 2 aromatic carbocycles. The van der Waals surface area contributed by atoms with Crippen molar-refractivity contribution < 1.29 is 0 Å². The van der Waals surface area contributed by atoms with Crippen LogP contribution in [0, 0.1) is 6.92 Å². The molecule has 0 aliphatic heterocycles. The molecule has 0 atom stereocenters. The van der Waals surface area contributed by atoms with E-state index in [4.69, 9.17) is 4.98 Å². The average Bonchev–Trinajstić information content (AvgIpc) is 2.81. The van der Waals surface area contributed by atoms with E-state index in [1.54, 1.807) is 12.1 Å². The summed E-state index contributed by atoms with van der Waals surface area (Å²) in [4.78, 5) is 18.0. The number of nitrogens with one attached hydrogen (secondary N) is 2. The van der Waals surface area contributed by atoms with Gasteiger partial charge >= 0.3 is 0 Å². The zero-order valence-corrected chi connectivity index (χ0v) is 18.3. The Labute approximate surface area is 187 Å². The van der Waals surface area contributed by atoms with Gasteiger partial charge in [-0.25, -0.2) is 4.98 Å². The maximum atomic E-state index is 13.2. The molecule has 0 fully saturated rings. The fourth-order valence-corrected chi connectivity index (χ4v) is 3.61. The molecule has 4 aromatic rings. The number of rotatable bonds is 7. The van der Waals surface area contributed by atoms with Crippen molar-refractivity contribution in [2.45, 2.75) is 20.3 Å². The maximum absolute atomic E-state index is 13.2. The summed E-state index contributed by atoms with van der Waals surface area (Å²) in [5.74, 6) is 0.658. The summed E-state index contributed by atoms with van der Waals surface area (Å²) in [6, 6.07) is 23.2. The summed E-state index contributed by atoms with van der Waals surface area (Å²) in [6.07, 6.45) is 4.69. The Kier molecular flexibility index (Phi) is 6.17. The van der Waals surface area contributed by atoms with Gasteiger partial charge in [-0.05, 0) is 49.8 Å². The quantitative estimate of drug-likeness (QED) is 0.342. The van der Waals surface area contributed by atoms with Crippen LogP contribution in [-0.4, -0.2) is 9.55 Å². The van der Waals surface area contributed by atoms with Gasteiger partial charge in [-0.3, -0.25) is 9.36 Å². The lowest BCUT2D eigenvalue weighted by Gasteiger charge is -2.19. The first kappa shape index (κ1) is 21.1. The normalized spacial score (nSPS) is 11.4. The molecule has 32 heavy (non-hydrogen) atoms. The minimum atomic E-state index is -0.0965. The van der Waals surface area contributed by atoms with E-state index in [1.807, 2.05) is 84.3 Å². The number of allylic oxidation sites excluding steroid dienone is 2. The molecule has 0 unspecified atom stereocenters. The van der Waals surface area contributed by atoms with Crippen LogP contribution in [0.2, 0.25) is 0 Å². The lowest BCUT2D eigenvalue weighted by atomic mass is 10.2. The molecule has 2 N–H and O–H groups in total. The number of benzene rings is 2. The Bertz CT molecular complexity index is 1340. The molecule has 0 aliphatic rings. The van der Waals surface area contributed by atoms with E-state index in [1.165, 1.54) is 0 Å². The summed E-state index contributed by atoms with van der Waals surface area (Å²) in [6.45, 7) is 7.87. The number of fused-ring (bicyclic) bond motifs is 1. The van der Waals surface area contributed by atoms with Crippen LogP contribution in [0.1, 0.15) is 19.0 Å². The van der Waals surface area contributed by atoms with E-state index in [9.17, 15) is 4.79 Å². The minimum Gasteiger partial charge on any atom is -0.354 e. The van der Waals surface area contributed by atoms with Crippen molar-refractivity contribution in [2.75, 3.05) is 10.6 Å². The molecule has 0 aliphatic carbocycles. The van der Waals surface area contributed by atoms with Gasteiger partial charge in [0.15, 0.2) is 5.43 Å². The first-order valence-electron chi connectivity index (χ1n) is 10.6. The van der Waals surface area contributed by atoms with Gasteiger partial charge < -0.3 is 10.6 Å². The SMILES string of the molecule is C=C/C(=C\CC)Nc1cc2c(=O)cc(Nc3ccccc3)n(-c3ccccc3)c2nc1C. The summed E-state index contributed by atoms with van der Waals surface area (Å²) >= 11 is 0. The summed E-state index contributed by atoms with van der Waals surface area (Å²) in [5.41, 5.74) is 4.79. The summed E-state index contributed by atoms with van der Waals surface area (Å²) in [5, 5.41) is 7.27. The Morgan fingerprint density at radius 2 is 1.75 bits per heavy atom. The molecule has 4 rings (SSSR count). The van der Waals surface area contributed by atoms with Crippen molar-refractivity contribution in [2.24, 2.45) is 0 Å². The van der Waals surface area contributed by atoms with Crippen LogP contribution >= 0.6 is 0 Å². The molecule has 0 saturated carbocycles. The summed E-state index contributed by atoms with van der Waals surface area (Å²) in [7, 11) is 0. The lowest BCUT2D eigenvalue weighted by molar-refractivity contribution is 1.05. The molecule has 0 bridgehead atoms. The van der Waals surface area contributed by atoms with Crippen molar-refractivity contribution in [3.63, 3.8) is 0 Å². The van der Waals surface area contributed by atoms with Crippen molar-refractivity contribution in [3.05, 3.63) is 113 Å². The predicted molar refractivity (Wildman–Crippen MR) is 134 cm³/mol. The molecule has 0 spiro atoms. The van der Waals surface area contributed by atoms with E-state index in [-0.39, 0.29) is 5.43 Å². The summed E-state index contributed by atoms with van der Waals surface area (Å²) < 4.78 is 1.98. The van der Waals surface area contributed by atoms with Crippen LogP contribution in [0.3, 0.4) is 0 Å². The highest BCUT2D eigenvalue weighted by molar-refractivity contribution is 5.84. The number of aromatic nitrogens is 2. The van der Waals surface area contributed by atoms with Gasteiger partial charge in [0.1, 0.15) is 11.5 Å².